The molecule has 0 spiro atoms. The summed E-state index contributed by atoms with van der Waals surface area (Å²) in [5.74, 6) is -0.332. The number of para-hydroxylation sites is 1. The molecule has 3 rings (SSSR count). The zero-order chi connectivity index (χ0) is 19.4. The second kappa shape index (κ2) is 7.69. The maximum Gasteiger partial charge on any atom is 0.410 e. The number of ether oxygens (including phenoxy) is 1. The van der Waals surface area contributed by atoms with E-state index >= 15 is 0 Å². The molecule has 1 aliphatic heterocycles. The van der Waals surface area contributed by atoms with Gasteiger partial charge >= 0.3 is 6.09 Å². The quantitative estimate of drug-likeness (QED) is 0.662. The summed E-state index contributed by atoms with van der Waals surface area (Å²) >= 11 is 0. The normalized spacial score (nSPS) is 17.4. The topological polar surface area (TPSA) is 96.8 Å². The van der Waals surface area contributed by atoms with Crippen molar-refractivity contribution in [2.24, 2.45) is 5.10 Å². The zero-order valence-electron chi connectivity index (χ0n) is 15.7. The third-order valence-corrected chi connectivity index (χ3v) is 4.09. The minimum atomic E-state index is -0.603. The van der Waals surface area contributed by atoms with Crippen LogP contribution in [0.4, 0.5) is 4.79 Å². The molecule has 0 saturated carbocycles. The molecule has 2 aromatic rings. The number of aromatic nitrogens is 2. The number of nitrogens with zero attached hydrogens (tertiary/aromatic N) is 4. The number of nitrogens with one attached hydrogen (secondary N) is 1. The van der Waals surface area contributed by atoms with Crippen molar-refractivity contribution in [1.82, 2.24) is 20.3 Å². The summed E-state index contributed by atoms with van der Waals surface area (Å²) in [6.07, 6.45) is 5.61. The molecule has 1 aliphatic rings. The molecule has 8 heteroatoms. The van der Waals surface area contributed by atoms with Crippen LogP contribution in [0.15, 0.2) is 35.7 Å². The zero-order valence-corrected chi connectivity index (χ0v) is 15.7. The SMILES string of the molecule is CC(C)(C)OC(=O)N1CCC[C@H]1C(=O)N/N=C/c1cccc2nccnc12. The summed E-state index contributed by atoms with van der Waals surface area (Å²) in [7, 11) is 0. The Bertz CT molecular complexity index is 870. The molecule has 0 bridgehead atoms. The van der Waals surface area contributed by atoms with Gasteiger partial charge < -0.3 is 4.74 Å². The summed E-state index contributed by atoms with van der Waals surface area (Å²) in [5.41, 5.74) is 4.11. The molecule has 2 amide bonds. The van der Waals surface area contributed by atoms with Crippen molar-refractivity contribution in [3.05, 3.63) is 36.2 Å². The van der Waals surface area contributed by atoms with Gasteiger partial charge in [0.15, 0.2) is 0 Å². The van der Waals surface area contributed by atoms with E-state index in [0.29, 0.717) is 18.5 Å². The van der Waals surface area contributed by atoms with Crippen molar-refractivity contribution >= 4 is 29.2 Å². The number of fused-ring (bicyclic) bond motifs is 1. The number of hydrogen-bond acceptors (Lipinski definition) is 6. The predicted octanol–water partition coefficient (Wildman–Crippen LogP) is 2.48. The molecule has 8 nitrogen and oxygen atoms in total. The van der Waals surface area contributed by atoms with Gasteiger partial charge in [0.2, 0.25) is 0 Å². The lowest BCUT2D eigenvalue weighted by molar-refractivity contribution is -0.125. The highest BCUT2D eigenvalue weighted by atomic mass is 16.6. The van der Waals surface area contributed by atoms with Crippen molar-refractivity contribution < 1.29 is 14.3 Å². The maximum atomic E-state index is 12.5. The van der Waals surface area contributed by atoms with E-state index in [4.69, 9.17) is 4.74 Å². The molecule has 0 aliphatic carbocycles. The van der Waals surface area contributed by atoms with Gasteiger partial charge in [-0.1, -0.05) is 12.1 Å². The van der Waals surface area contributed by atoms with Crippen molar-refractivity contribution in [1.29, 1.82) is 0 Å². The third-order valence-electron chi connectivity index (χ3n) is 4.09. The molecular formula is C19H23N5O3. The fraction of sp³-hybridized carbons (Fsp3) is 0.421. The molecule has 0 radical (unpaired) electrons. The minimum Gasteiger partial charge on any atom is -0.444 e. The standard InChI is InChI=1S/C19H23N5O3/c1-19(2,3)27-18(26)24-11-5-8-15(24)17(25)23-22-12-13-6-4-7-14-16(13)21-10-9-20-14/h4,6-7,9-10,12,15H,5,8,11H2,1-3H3,(H,23,25)/b22-12+/t15-/m0/s1. The Morgan fingerprint density at radius 3 is 2.85 bits per heavy atom. The lowest BCUT2D eigenvalue weighted by atomic mass is 10.2. The number of rotatable bonds is 3. The average Bonchev–Trinajstić information content (AvgIpc) is 3.10. The summed E-state index contributed by atoms with van der Waals surface area (Å²) in [6.45, 7) is 5.89. The molecule has 1 saturated heterocycles. The number of hydrazone groups is 1. The Labute approximate surface area is 157 Å². The highest BCUT2D eigenvalue weighted by molar-refractivity contribution is 5.96. The van der Waals surface area contributed by atoms with E-state index in [1.54, 1.807) is 33.2 Å². The van der Waals surface area contributed by atoms with Crippen LogP contribution in [0, 0.1) is 0 Å². The number of carbonyl (C=O) groups excluding carboxylic acids is 2. The molecule has 1 aromatic carbocycles. The van der Waals surface area contributed by atoms with Gasteiger partial charge in [-0.25, -0.2) is 10.2 Å². The van der Waals surface area contributed by atoms with E-state index in [2.05, 4.69) is 20.5 Å². The minimum absolute atomic E-state index is 0.332. The molecule has 142 valence electrons. The maximum absolute atomic E-state index is 12.5. The monoisotopic (exact) mass is 369 g/mol. The van der Waals surface area contributed by atoms with E-state index < -0.39 is 17.7 Å². The van der Waals surface area contributed by atoms with Crippen molar-refractivity contribution in [2.45, 2.75) is 45.3 Å². The number of likely N-dealkylation sites (tertiary alicyclic amines) is 1. The lowest BCUT2D eigenvalue weighted by Gasteiger charge is -2.27. The van der Waals surface area contributed by atoms with Gasteiger partial charge in [-0.15, -0.1) is 0 Å². The van der Waals surface area contributed by atoms with Gasteiger partial charge in [0, 0.05) is 24.5 Å². The van der Waals surface area contributed by atoms with Crippen molar-refractivity contribution in [3.8, 4) is 0 Å². The Morgan fingerprint density at radius 2 is 2.07 bits per heavy atom. The second-order valence-corrected chi connectivity index (χ2v) is 7.34. The molecule has 0 unspecified atom stereocenters. The van der Waals surface area contributed by atoms with Crippen LogP contribution < -0.4 is 5.43 Å². The van der Waals surface area contributed by atoms with Gasteiger partial charge in [0.05, 0.1) is 17.2 Å². The summed E-state index contributed by atoms with van der Waals surface area (Å²) in [6, 6.07) is 4.97. The van der Waals surface area contributed by atoms with Crippen LogP contribution in [0.5, 0.6) is 0 Å². The summed E-state index contributed by atoms with van der Waals surface area (Å²) in [5, 5.41) is 4.03. The molecule has 1 fully saturated rings. The first-order valence-corrected chi connectivity index (χ1v) is 8.87. The van der Waals surface area contributed by atoms with Crippen molar-refractivity contribution in [2.75, 3.05) is 6.54 Å². The Morgan fingerprint density at radius 1 is 1.30 bits per heavy atom. The highest BCUT2D eigenvalue weighted by Gasteiger charge is 2.36. The van der Waals surface area contributed by atoms with Crippen LogP contribution in [0.25, 0.3) is 11.0 Å². The molecule has 27 heavy (non-hydrogen) atoms. The first kappa shape index (κ1) is 18.8. The third kappa shape index (κ3) is 4.58. The fourth-order valence-electron chi connectivity index (χ4n) is 2.94. The molecule has 2 heterocycles. The molecule has 1 N–H and O–H groups in total. The first-order valence-electron chi connectivity index (χ1n) is 8.87. The van der Waals surface area contributed by atoms with Crippen LogP contribution in [0.2, 0.25) is 0 Å². The number of amides is 2. The molecular weight excluding hydrogens is 346 g/mol. The van der Waals surface area contributed by atoms with Crippen LogP contribution in [-0.2, 0) is 9.53 Å². The van der Waals surface area contributed by atoms with E-state index in [9.17, 15) is 9.59 Å². The van der Waals surface area contributed by atoms with Gasteiger partial charge in [-0.3, -0.25) is 19.7 Å². The van der Waals surface area contributed by atoms with Gasteiger partial charge in [0.25, 0.3) is 5.91 Å². The van der Waals surface area contributed by atoms with Crippen molar-refractivity contribution in [3.63, 3.8) is 0 Å². The van der Waals surface area contributed by atoms with Gasteiger partial charge in [0.1, 0.15) is 11.6 Å². The smallest absolute Gasteiger partial charge is 0.410 e. The van der Waals surface area contributed by atoms with E-state index in [1.807, 2.05) is 18.2 Å². The average molecular weight is 369 g/mol. The lowest BCUT2D eigenvalue weighted by Crippen LogP contribution is -2.46. The largest absolute Gasteiger partial charge is 0.444 e. The molecule has 1 aromatic heterocycles. The summed E-state index contributed by atoms with van der Waals surface area (Å²) in [4.78, 5) is 34.7. The number of hydrogen-bond donors (Lipinski definition) is 1. The number of benzene rings is 1. The van der Waals surface area contributed by atoms with Crippen LogP contribution in [0.3, 0.4) is 0 Å². The van der Waals surface area contributed by atoms with Crippen LogP contribution >= 0.6 is 0 Å². The van der Waals surface area contributed by atoms with Gasteiger partial charge in [-0.2, -0.15) is 5.10 Å². The van der Waals surface area contributed by atoms with E-state index in [-0.39, 0.29) is 5.91 Å². The Balaban J connectivity index is 1.66. The van der Waals surface area contributed by atoms with E-state index in [1.165, 1.54) is 11.1 Å². The van der Waals surface area contributed by atoms with Crippen LogP contribution in [0.1, 0.15) is 39.2 Å². The molecule has 1 atom stereocenters. The van der Waals surface area contributed by atoms with Crippen LogP contribution in [-0.4, -0.2) is 51.3 Å². The van der Waals surface area contributed by atoms with E-state index in [0.717, 1.165) is 17.5 Å². The Hall–Kier alpha value is -3.03. The Kier molecular flexibility index (Phi) is 5.34. The fourth-order valence-corrected chi connectivity index (χ4v) is 2.94. The predicted molar refractivity (Wildman–Crippen MR) is 101 cm³/mol. The second-order valence-electron chi connectivity index (χ2n) is 7.34. The summed E-state index contributed by atoms with van der Waals surface area (Å²) < 4.78 is 5.38. The number of carbonyl (C=O) groups is 2. The highest BCUT2D eigenvalue weighted by Crippen LogP contribution is 2.21. The van der Waals surface area contributed by atoms with Gasteiger partial charge in [-0.05, 0) is 39.7 Å². The first-order chi connectivity index (χ1) is 12.8.